The van der Waals surface area contributed by atoms with Gasteiger partial charge in [-0.3, -0.25) is 0 Å². The normalized spacial score (nSPS) is 12.5. The molecular formula is C13H25N5O. The molecule has 0 saturated carbocycles. The highest BCUT2D eigenvalue weighted by molar-refractivity contribution is 5.73. The lowest BCUT2D eigenvalue weighted by atomic mass is 10.2. The molecule has 1 aromatic rings. The average Bonchev–Trinajstić information content (AvgIpc) is 2.90. The van der Waals surface area contributed by atoms with Gasteiger partial charge in [0, 0.05) is 32.0 Å². The summed E-state index contributed by atoms with van der Waals surface area (Å²) in [6, 6.07) is 0.406. The zero-order valence-electron chi connectivity index (χ0n) is 12.3. The minimum Gasteiger partial charge on any atom is -0.347 e. The van der Waals surface area contributed by atoms with Crippen LogP contribution < -0.4 is 5.32 Å². The maximum Gasteiger partial charge on any atom is 0.317 e. The molecule has 0 unspecified atom stereocenters. The first kappa shape index (κ1) is 15.5. The second kappa shape index (κ2) is 7.78. The number of aromatic amines is 1. The highest BCUT2D eigenvalue weighted by Crippen LogP contribution is 2.00. The first-order valence-electron chi connectivity index (χ1n) is 6.72. The maximum absolute atomic E-state index is 11.8. The molecule has 6 heteroatoms. The number of carbonyl (C=O) groups excluding carboxylic acids is 1. The molecule has 1 heterocycles. The fraction of sp³-hybridized carbons (Fsp3) is 0.692. The third kappa shape index (κ3) is 5.30. The molecule has 0 aromatic carbocycles. The summed E-state index contributed by atoms with van der Waals surface area (Å²) in [4.78, 5) is 22.8. The van der Waals surface area contributed by atoms with E-state index in [9.17, 15) is 4.79 Å². The summed E-state index contributed by atoms with van der Waals surface area (Å²) in [5.74, 6) is 0.789. The van der Waals surface area contributed by atoms with Gasteiger partial charge in [0.2, 0.25) is 0 Å². The fourth-order valence-corrected chi connectivity index (χ4v) is 1.74. The van der Waals surface area contributed by atoms with Crippen LogP contribution in [0.1, 0.15) is 26.1 Å². The van der Waals surface area contributed by atoms with Crippen LogP contribution in [0.4, 0.5) is 4.79 Å². The second-order valence-corrected chi connectivity index (χ2v) is 4.83. The quantitative estimate of drug-likeness (QED) is 0.782. The molecule has 2 N–H and O–H groups in total. The topological polar surface area (TPSA) is 64.3 Å². The first-order valence-corrected chi connectivity index (χ1v) is 6.72. The summed E-state index contributed by atoms with van der Waals surface area (Å²) < 4.78 is 0. The molecule has 0 spiro atoms. The molecular weight excluding hydrogens is 242 g/mol. The van der Waals surface area contributed by atoms with Crippen LogP contribution in [0.25, 0.3) is 0 Å². The third-order valence-corrected chi connectivity index (χ3v) is 3.38. The van der Waals surface area contributed by atoms with Crippen molar-refractivity contribution in [3.8, 4) is 0 Å². The van der Waals surface area contributed by atoms with Gasteiger partial charge in [0.1, 0.15) is 5.82 Å². The molecule has 19 heavy (non-hydrogen) atoms. The van der Waals surface area contributed by atoms with Gasteiger partial charge in [-0.1, -0.05) is 6.92 Å². The number of amides is 2. The zero-order chi connectivity index (χ0) is 14.3. The number of H-pyrrole nitrogens is 1. The van der Waals surface area contributed by atoms with Crippen molar-refractivity contribution in [2.75, 3.05) is 27.2 Å². The maximum atomic E-state index is 11.8. The molecule has 0 aliphatic rings. The highest BCUT2D eigenvalue weighted by Gasteiger charge is 2.11. The van der Waals surface area contributed by atoms with E-state index in [0.717, 1.165) is 18.8 Å². The molecule has 6 nitrogen and oxygen atoms in total. The number of nitrogens with zero attached hydrogens (tertiary/aromatic N) is 3. The molecule has 2 amide bonds. The van der Waals surface area contributed by atoms with Crippen LogP contribution in [0.2, 0.25) is 0 Å². The van der Waals surface area contributed by atoms with E-state index in [1.165, 1.54) is 0 Å². The van der Waals surface area contributed by atoms with Crippen molar-refractivity contribution >= 4 is 6.03 Å². The van der Waals surface area contributed by atoms with Crippen LogP contribution in [0, 0.1) is 0 Å². The molecule has 0 bridgehead atoms. The van der Waals surface area contributed by atoms with Gasteiger partial charge in [-0.2, -0.15) is 0 Å². The average molecular weight is 267 g/mol. The Morgan fingerprint density at radius 1 is 1.53 bits per heavy atom. The van der Waals surface area contributed by atoms with Gasteiger partial charge >= 0.3 is 6.03 Å². The largest absolute Gasteiger partial charge is 0.347 e. The molecule has 1 aromatic heterocycles. The summed E-state index contributed by atoms with van der Waals surface area (Å²) >= 11 is 0. The van der Waals surface area contributed by atoms with E-state index in [-0.39, 0.29) is 6.03 Å². The van der Waals surface area contributed by atoms with Crippen molar-refractivity contribution in [3.05, 3.63) is 18.2 Å². The minimum atomic E-state index is -0.0669. The second-order valence-electron chi connectivity index (χ2n) is 4.83. The van der Waals surface area contributed by atoms with E-state index in [1.54, 1.807) is 24.3 Å². The smallest absolute Gasteiger partial charge is 0.317 e. The zero-order valence-corrected chi connectivity index (χ0v) is 12.3. The van der Waals surface area contributed by atoms with Crippen molar-refractivity contribution in [2.45, 2.75) is 32.9 Å². The molecule has 0 fully saturated rings. The van der Waals surface area contributed by atoms with Crippen LogP contribution in [0.5, 0.6) is 0 Å². The lowest BCUT2D eigenvalue weighted by Gasteiger charge is -2.23. The SMILES string of the molecule is CCN(C)[C@H](C)CCNC(=O)N(C)Cc1ncc[nH]1. The van der Waals surface area contributed by atoms with Gasteiger partial charge < -0.3 is 20.1 Å². The predicted octanol–water partition coefficient (Wildman–Crippen LogP) is 1.28. The van der Waals surface area contributed by atoms with Crippen LogP contribution in [-0.4, -0.2) is 59.0 Å². The standard InChI is InChI=1S/C13H25N5O/c1-5-17(3)11(2)6-7-16-13(19)18(4)10-12-14-8-9-15-12/h8-9,11H,5-7,10H2,1-4H3,(H,14,15)(H,16,19)/t11-/m1/s1. The van der Waals surface area contributed by atoms with Gasteiger partial charge in [0.15, 0.2) is 0 Å². The summed E-state index contributed by atoms with van der Waals surface area (Å²) in [7, 11) is 3.86. The van der Waals surface area contributed by atoms with Crippen molar-refractivity contribution in [1.29, 1.82) is 0 Å². The summed E-state index contributed by atoms with van der Waals surface area (Å²) in [5, 5.41) is 2.92. The Morgan fingerprint density at radius 2 is 2.26 bits per heavy atom. The van der Waals surface area contributed by atoms with E-state index in [1.807, 2.05) is 0 Å². The van der Waals surface area contributed by atoms with Crippen molar-refractivity contribution in [1.82, 2.24) is 25.1 Å². The summed E-state index contributed by atoms with van der Waals surface area (Å²) in [6.45, 7) is 6.50. The number of urea groups is 1. The highest BCUT2D eigenvalue weighted by atomic mass is 16.2. The van der Waals surface area contributed by atoms with Crippen LogP contribution >= 0.6 is 0 Å². The van der Waals surface area contributed by atoms with Gasteiger partial charge in [0.05, 0.1) is 6.54 Å². The van der Waals surface area contributed by atoms with Gasteiger partial charge in [0.25, 0.3) is 0 Å². The van der Waals surface area contributed by atoms with E-state index < -0.39 is 0 Å². The number of hydrogen-bond donors (Lipinski definition) is 2. The number of hydrogen-bond acceptors (Lipinski definition) is 3. The van der Waals surface area contributed by atoms with Crippen molar-refractivity contribution in [3.63, 3.8) is 0 Å². The van der Waals surface area contributed by atoms with E-state index in [2.05, 4.69) is 41.1 Å². The molecule has 1 atom stereocenters. The van der Waals surface area contributed by atoms with E-state index >= 15 is 0 Å². The van der Waals surface area contributed by atoms with Crippen molar-refractivity contribution < 1.29 is 4.79 Å². The monoisotopic (exact) mass is 267 g/mol. The lowest BCUT2D eigenvalue weighted by Crippen LogP contribution is -2.39. The summed E-state index contributed by atoms with van der Waals surface area (Å²) in [5.41, 5.74) is 0. The minimum absolute atomic E-state index is 0.0669. The van der Waals surface area contributed by atoms with E-state index in [4.69, 9.17) is 0 Å². The third-order valence-electron chi connectivity index (χ3n) is 3.38. The van der Waals surface area contributed by atoms with Crippen molar-refractivity contribution in [2.24, 2.45) is 0 Å². The Labute approximate surface area is 115 Å². The van der Waals surface area contributed by atoms with Crippen LogP contribution in [0.15, 0.2) is 12.4 Å². The Balaban J connectivity index is 2.23. The Morgan fingerprint density at radius 3 is 2.84 bits per heavy atom. The molecule has 1 rings (SSSR count). The number of imidazole rings is 1. The van der Waals surface area contributed by atoms with Crippen LogP contribution in [-0.2, 0) is 6.54 Å². The van der Waals surface area contributed by atoms with Gasteiger partial charge in [-0.15, -0.1) is 0 Å². The predicted molar refractivity (Wildman–Crippen MR) is 75.8 cm³/mol. The lowest BCUT2D eigenvalue weighted by molar-refractivity contribution is 0.202. The molecule has 0 aliphatic carbocycles. The molecule has 108 valence electrons. The Hall–Kier alpha value is -1.56. The molecule has 0 aliphatic heterocycles. The first-order chi connectivity index (χ1) is 9.04. The van der Waals surface area contributed by atoms with Gasteiger partial charge in [-0.05, 0) is 26.9 Å². The Bertz CT molecular complexity index is 365. The van der Waals surface area contributed by atoms with Gasteiger partial charge in [-0.25, -0.2) is 9.78 Å². The molecule has 0 saturated heterocycles. The van der Waals surface area contributed by atoms with E-state index in [0.29, 0.717) is 19.1 Å². The molecule has 0 radical (unpaired) electrons. The summed E-state index contributed by atoms with van der Waals surface area (Å²) in [6.07, 6.45) is 4.39. The number of nitrogens with one attached hydrogen (secondary N) is 2. The van der Waals surface area contributed by atoms with Crippen LogP contribution in [0.3, 0.4) is 0 Å². The fourth-order valence-electron chi connectivity index (χ4n) is 1.74. The number of aromatic nitrogens is 2. The Kier molecular flexibility index (Phi) is 6.35. The number of rotatable bonds is 7. The number of carbonyl (C=O) groups is 1.